The van der Waals surface area contributed by atoms with Gasteiger partial charge in [0.15, 0.2) is 6.10 Å². The van der Waals surface area contributed by atoms with E-state index in [9.17, 15) is 14.4 Å². The average molecular weight is 414 g/mol. The fraction of sp³-hybridized carbons (Fsp3) is 0.625. The van der Waals surface area contributed by atoms with Crippen LogP contribution in [0.15, 0.2) is 24.3 Å². The first-order valence-corrected chi connectivity index (χ1v) is 11.0. The van der Waals surface area contributed by atoms with Crippen LogP contribution in [0.2, 0.25) is 0 Å². The number of carbonyl (C=O) groups is 3. The molecule has 0 unspecified atom stereocenters. The standard InChI is InChI=1S/C24H31NO5/c1-15(23(28)19-3-5-20(29-2)6-4-19)30-22(27)14-25-21(26)13-24-10-16-7-17(11-24)9-18(8-16)12-24/h3-6,15-18H,7-14H2,1-2H3,(H,25,26)/t15-,16?,17?,18?,24?/m1/s1. The van der Waals surface area contributed by atoms with Gasteiger partial charge in [0.05, 0.1) is 7.11 Å². The van der Waals surface area contributed by atoms with Crippen LogP contribution in [0.25, 0.3) is 0 Å². The van der Waals surface area contributed by atoms with Gasteiger partial charge in [-0.05, 0) is 92.9 Å². The summed E-state index contributed by atoms with van der Waals surface area (Å²) in [6.45, 7) is 1.34. The second-order valence-electron chi connectivity index (χ2n) is 9.60. The Morgan fingerprint density at radius 2 is 1.60 bits per heavy atom. The molecule has 1 amide bonds. The monoisotopic (exact) mass is 413 g/mol. The number of hydrogen-bond donors (Lipinski definition) is 1. The van der Waals surface area contributed by atoms with Crippen LogP contribution in [0.4, 0.5) is 0 Å². The molecule has 1 aromatic rings. The van der Waals surface area contributed by atoms with E-state index in [-0.39, 0.29) is 23.7 Å². The lowest BCUT2D eigenvalue weighted by Crippen LogP contribution is -2.48. The van der Waals surface area contributed by atoms with Gasteiger partial charge in [0.25, 0.3) is 0 Å². The Kier molecular flexibility index (Phi) is 5.85. The molecule has 6 nitrogen and oxygen atoms in total. The largest absolute Gasteiger partial charge is 0.497 e. The van der Waals surface area contributed by atoms with Gasteiger partial charge in [0, 0.05) is 12.0 Å². The Morgan fingerprint density at radius 1 is 1.03 bits per heavy atom. The fourth-order valence-electron chi connectivity index (χ4n) is 6.36. The zero-order chi connectivity index (χ0) is 21.3. The third kappa shape index (κ3) is 4.52. The smallest absolute Gasteiger partial charge is 0.326 e. The molecule has 0 heterocycles. The number of benzene rings is 1. The van der Waals surface area contributed by atoms with E-state index >= 15 is 0 Å². The topological polar surface area (TPSA) is 81.7 Å². The second kappa shape index (κ2) is 8.40. The number of rotatable bonds is 8. The maximum atomic E-state index is 12.5. The van der Waals surface area contributed by atoms with Crippen molar-refractivity contribution >= 4 is 17.7 Å². The number of hydrogen-bond acceptors (Lipinski definition) is 5. The van der Waals surface area contributed by atoms with Crippen molar-refractivity contribution in [3.63, 3.8) is 0 Å². The molecule has 4 saturated carbocycles. The van der Waals surface area contributed by atoms with Gasteiger partial charge in [0.2, 0.25) is 11.7 Å². The van der Waals surface area contributed by atoms with E-state index in [0.717, 1.165) is 37.0 Å². The van der Waals surface area contributed by atoms with Gasteiger partial charge < -0.3 is 14.8 Å². The van der Waals surface area contributed by atoms with Gasteiger partial charge >= 0.3 is 5.97 Å². The second-order valence-corrected chi connectivity index (χ2v) is 9.60. The van der Waals surface area contributed by atoms with E-state index in [1.54, 1.807) is 38.3 Å². The van der Waals surface area contributed by atoms with Gasteiger partial charge in [-0.25, -0.2) is 0 Å². The van der Waals surface area contributed by atoms with Crippen LogP contribution in [0.3, 0.4) is 0 Å². The molecule has 1 atom stereocenters. The average Bonchev–Trinajstić information content (AvgIpc) is 2.70. The predicted octanol–water partition coefficient (Wildman–Crippen LogP) is 3.53. The summed E-state index contributed by atoms with van der Waals surface area (Å²) in [5.74, 6) is 2.06. The maximum absolute atomic E-state index is 12.5. The van der Waals surface area contributed by atoms with Crippen LogP contribution in [0.1, 0.15) is 62.2 Å². The van der Waals surface area contributed by atoms with Crippen LogP contribution in [0, 0.1) is 23.2 Å². The number of Topliss-reactive ketones (excluding diaryl/α,β-unsaturated/α-hetero) is 1. The van der Waals surface area contributed by atoms with Gasteiger partial charge in [-0.15, -0.1) is 0 Å². The van der Waals surface area contributed by atoms with Crippen LogP contribution in [0.5, 0.6) is 5.75 Å². The van der Waals surface area contributed by atoms with E-state index in [2.05, 4.69) is 5.32 Å². The lowest BCUT2D eigenvalue weighted by atomic mass is 9.49. The quantitative estimate of drug-likeness (QED) is 0.521. The van der Waals surface area contributed by atoms with Crippen LogP contribution in [-0.4, -0.2) is 37.4 Å². The number of esters is 1. The van der Waals surface area contributed by atoms with Gasteiger partial charge in [-0.3, -0.25) is 14.4 Å². The molecule has 0 radical (unpaired) electrons. The van der Waals surface area contributed by atoms with Crippen molar-refractivity contribution in [1.82, 2.24) is 5.32 Å². The van der Waals surface area contributed by atoms with Crippen molar-refractivity contribution in [3.8, 4) is 5.75 Å². The Labute approximate surface area is 177 Å². The summed E-state index contributed by atoms with van der Waals surface area (Å²) in [5.41, 5.74) is 0.585. The zero-order valence-electron chi connectivity index (χ0n) is 17.8. The van der Waals surface area contributed by atoms with E-state index in [0.29, 0.717) is 17.7 Å². The number of carbonyl (C=O) groups excluding carboxylic acids is 3. The first-order valence-electron chi connectivity index (χ1n) is 11.0. The third-order valence-corrected chi connectivity index (χ3v) is 7.18. The molecule has 4 aliphatic carbocycles. The molecule has 4 bridgehead atoms. The fourth-order valence-corrected chi connectivity index (χ4v) is 6.36. The van der Waals surface area contributed by atoms with E-state index in [1.807, 2.05) is 0 Å². The predicted molar refractivity (Wildman–Crippen MR) is 111 cm³/mol. The van der Waals surface area contributed by atoms with Crippen molar-refractivity contribution in [2.45, 2.75) is 58.0 Å². The SMILES string of the molecule is COc1ccc(C(=O)[C@@H](C)OC(=O)CNC(=O)CC23CC4CC(CC(C4)C2)C3)cc1. The molecule has 1 N–H and O–H groups in total. The summed E-state index contributed by atoms with van der Waals surface area (Å²) in [5, 5.41) is 2.72. The molecule has 4 aliphatic rings. The van der Waals surface area contributed by atoms with Crippen molar-refractivity contribution in [1.29, 1.82) is 0 Å². The molecule has 0 aromatic heterocycles. The van der Waals surface area contributed by atoms with Crippen LogP contribution < -0.4 is 10.1 Å². The van der Waals surface area contributed by atoms with Crippen molar-refractivity contribution in [2.24, 2.45) is 23.2 Å². The Hall–Kier alpha value is -2.37. The van der Waals surface area contributed by atoms with Crippen LogP contribution >= 0.6 is 0 Å². The molecule has 162 valence electrons. The maximum Gasteiger partial charge on any atom is 0.326 e. The summed E-state index contributed by atoms with van der Waals surface area (Å²) in [4.78, 5) is 37.1. The van der Waals surface area contributed by atoms with Crippen molar-refractivity contribution in [3.05, 3.63) is 29.8 Å². The highest BCUT2D eigenvalue weighted by molar-refractivity contribution is 6.00. The molecule has 0 aliphatic heterocycles. The Morgan fingerprint density at radius 3 is 2.13 bits per heavy atom. The highest BCUT2D eigenvalue weighted by Gasteiger charge is 2.51. The minimum Gasteiger partial charge on any atom is -0.497 e. The molecule has 30 heavy (non-hydrogen) atoms. The summed E-state index contributed by atoms with van der Waals surface area (Å²) in [6, 6.07) is 6.65. The molecule has 4 fully saturated rings. The Balaban J connectivity index is 1.23. The van der Waals surface area contributed by atoms with E-state index < -0.39 is 12.1 Å². The molecule has 1 aromatic carbocycles. The highest BCUT2D eigenvalue weighted by Crippen LogP contribution is 2.61. The third-order valence-electron chi connectivity index (χ3n) is 7.18. The van der Waals surface area contributed by atoms with Gasteiger partial charge in [-0.2, -0.15) is 0 Å². The minimum atomic E-state index is -0.911. The van der Waals surface area contributed by atoms with Gasteiger partial charge in [0.1, 0.15) is 12.3 Å². The molecule has 0 spiro atoms. The summed E-state index contributed by atoms with van der Waals surface area (Å²) >= 11 is 0. The Bertz CT molecular complexity index is 780. The first kappa shape index (κ1) is 20.9. The zero-order valence-corrected chi connectivity index (χ0v) is 17.8. The summed E-state index contributed by atoms with van der Waals surface area (Å²) < 4.78 is 10.3. The molecular weight excluding hydrogens is 382 g/mol. The lowest BCUT2D eigenvalue weighted by Gasteiger charge is -2.56. The number of nitrogens with one attached hydrogen (secondary N) is 1. The molecule has 6 heteroatoms. The van der Waals surface area contributed by atoms with Crippen molar-refractivity contribution < 1.29 is 23.9 Å². The lowest BCUT2D eigenvalue weighted by molar-refractivity contribution is -0.147. The first-order chi connectivity index (χ1) is 14.4. The van der Waals surface area contributed by atoms with Crippen molar-refractivity contribution in [2.75, 3.05) is 13.7 Å². The normalized spacial score (nSPS) is 29.9. The van der Waals surface area contributed by atoms with Gasteiger partial charge in [-0.1, -0.05) is 0 Å². The van der Waals surface area contributed by atoms with E-state index in [1.165, 1.54) is 19.3 Å². The molecule has 5 rings (SSSR count). The number of amides is 1. The highest BCUT2D eigenvalue weighted by atomic mass is 16.5. The number of ether oxygens (including phenoxy) is 2. The minimum absolute atomic E-state index is 0.0805. The summed E-state index contributed by atoms with van der Waals surface area (Å²) in [7, 11) is 1.55. The summed E-state index contributed by atoms with van der Waals surface area (Å²) in [6.07, 6.45) is 7.09. The molecule has 0 saturated heterocycles. The number of methoxy groups -OCH3 is 1. The van der Waals surface area contributed by atoms with Crippen LogP contribution in [-0.2, 0) is 14.3 Å². The van der Waals surface area contributed by atoms with E-state index in [4.69, 9.17) is 9.47 Å². The molecular formula is C24H31NO5. The number of ketones is 1.